The number of rotatable bonds is 8. The van der Waals surface area contributed by atoms with Gasteiger partial charge in [0.15, 0.2) is 11.3 Å². The summed E-state index contributed by atoms with van der Waals surface area (Å²) in [5.74, 6) is -0.586. The van der Waals surface area contributed by atoms with Crippen molar-refractivity contribution in [3.8, 4) is 0 Å². The topological polar surface area (TPSA) is 98.7 Å². The summed E-state index contributed by atoms with van der Waals surface area (Å²) in [4.78, 5) is 24.4. The van der Waals surface area contributed by atoms with Crippen molar-refractivity contribution >= 4 is 22.6 Å². The average molecular weight is 321 g/mol. The van der Waals surface area contributed by atoms with Crippen LogP contribution in [0.2, 0.25) is 0 Å². The third-order valence-electron chi connectivity index (χ3n) is 3.61. The monoisotopic (exact) mass is 321 g/mol. The number of nitro benzene ring substituents is 1. The fraction of sp³-hybridized carbons (Fsp3) is 0.467. The van der Waals surface area contributed by atoms with E-state index in [9.17, 15) is 14.9 Å². The second-order valence-corrected chi connectivity index (χ2v) is 4.99. The van der Waals surface area contributed by atoms with Crippen LogP contribution in [0.4, 0.5) is 5.69 Å². The van der Waals surface area contributed by atoms with Gasteiger partial charge in [-0.2, -0.15) is 0 Å². The summed E-state index contributed by atoms with van der Waals surface area (Å²) in [6.07, 6.45) is 0.731. The van der Waals surface area contributed by atoms with E-state index in [2.05, 4.69) is 23.9 Å². The maximum absolute atomic E-state index is 12.0. The molecule has 0 aliphatic carbocycles. The van der Waals surface area contributed by atoms with E-state index in [0.29, 0.717) is 5.39 Å². The number of benzene rings is 1. The molecule has 0 atom stereocenters. The highest BCUT2D eigenvalue weighted by atomic mass is 16.6. The van der Waals surface area contributed by atoms with Gasteiger partial charge in [-0.15, -0.1) is 0 Å². The maximum Gasteiger partial charge on any atom is 0.361 e. The minimum absolute atomic E-state index is 0.0396. The number of fused-ring (bicyclic) bond motifs is 1. The summed E-state index contributed by atoms with van der Waals surface area (Å²) in [6, 6.07) is 3.98. The van der Waals surface area contributed by atoms with Crippen molar-refractivity contribution in [1.82, 2.24) is 10.1 Å². The number of aromatic nitrogens is 1. The minimum Gasteiger partial charge on any atom is -0.461 e. The van der Waals surface area contributed by atoms with Gasteiger partial charge in [0.2, 0.25) is 0 Å². The molecule has 0 N–H and O–H groups in total. The molecule has 1 heterocycles. The highest BCUT2D eigenvalue weighted by Crippen LogP contribution is 2.24. The molecule has 8 heteroatoms. The molecule has 1 aromatic carbocycles. The van der Waals surface area contributed by atoms with Crippen LogP contribution in [0.1, 0.15) is 30.8 Å². The summed E-state index contributed by atoms with van der Waals surface area (Å²) >= 11 is 0. The smallest absolute Gasteiger partial charge is 0.361 e. The normalized spacial score (nSPS) is 11.1. The number of non-ortho nitro benzene ring substituents is 1. The molecule has 124 valence electrons. The van der Waals surface area contributed by atoms with Crippen LogP contribution in [-0.2, 0) is 4.74 Å². The number of carbonyl (C=O) groups excluding carboxylic acids is 1. The zero-order valence-electron chi connectivity index (χ0n) is 13.2. The van der Waals surface area contributed by atoms with Gasteiger partial charge in [-0.05, 0) is 25.6 Å². The molecule has 23 heavy (non-hydrogen) atoms. The molecule has 0 aliphatic rings. The van der Waals surface area contributed by atoms with Crippen molar-refractivity contribution in [3.05, 3.63) is 34.0 Å². The van der Waals surface area contributed by atoms with E-state index in [1.54, 1.807) is 0 Å². The fourth-order valence-corrected chi connectivity index (χ4v) is 2.25. The van der Waals surface area contributed by atoms with Gasteiger partial charge in [-0.3, -0.25) is 10.1 Å². The summed E-state index contributed by atoms with van der Waals surface area (Å²) in [6.45, 7) is 7.21. The molecular formula is C15H19N3O5. The molecule has 0 aliphatic heterocycles. The molecule has 0 radical (unpaired) electrons. The second kappa shape index (κ2) is 7.68. The van der Waals surface area contributed by atoms with Gasteiger partial charge in [0, 0.05) is 12.6 Å². The summed E-state index contributed by atoms with van der Waals surface area (Å²) in [5, 5.41) is 14.8. The van der Waals surface area contributed by atoms with E-state index in [4.69, 9.17) is 9.26 Å². The summed E-state index contributed by atoms with van der Waals surface area (Å²) < 4.78 is 10.2. The Morgan fingerprint density at radius 2 is 2.13 bits per heavy atom. The van der Waals surface area contributed by atoms with Gasteiger partial charge < -0.3 is 14.2 Å². The van der Waals surface area contributed by atoms with Crippen molar-refractivity contribution in [1.29, 1.82) is 0 Å². The third-order valence-corrected chi connectivity index (χ3v) is 3.61. The Bertz CT molecular complexity index is 693. The first-order chi connectivity index (χ1) is 11.1. The molecule has 0 fully saturated rings. The Morgan fingerprint density at radius 3 is 2.78 bits per heavy atom. The lowest BCUT2D eigenvalue weighted by Gasteiger charge is -2.17. The summed E-state index contributed by atoms with van der Waals surface area (Å²) in [5.41, 5.74) is 0.111. The molecule has 1 aromatic heterocycles. The van der Waals surface area contributed by atoms with Gasteiger partial charge in [0.1, 0.15) is 0 Å². The molecule has 2 aromatic rings. The van der Waals surface area contributed by atoms with E-state index in [1.165, 1.54) is 18.2 Å². The lowest BCUT2D eigenvalue weighted by Crippen LogP contribution is -2.25. The first-order valence-electron chi connectivity index (χ1n) is 7.50. The van der Waals surface area contributed by atoms with Crippen LogP contribution in [0.3, 0.4) is 0 Å². The van der Waals surface area contributed by atoms with E-state index >= 15 is 0 Å². The predicted octanol–water partition coefficient (Wildman–Crippen LogP) is 2.62. The third kappa shape index (κ3) is 4.04. The SMILES string of the molecule is CCN(CC)CCCOC(=O)c1noc2cc([N+](=O)[O-])ccc12. The predicted molar refractivity (Wildman–Crippen MR) is 83.4 cm³/mol. The largest absolute Gasteiger partial charge is 0.461 e. The van der Waals surface area contributed by atoms with Crippen molar-refractivity contribution in [2.75, 3.05) is 26.2 Å². The van der Waals surface area contributed by atoms with Crippen molar-refractivity contribution in [2.45, 2.75) is 20.3 Å². The van der Waals surface area contributed by atoms with Crippen LogP contribution < -0.4 is 0 Å². The first kappa shape index (κ1) is 16.9. The van der Waals surface area contributed by atoms with Gasteiger partial charge in [-0.1, -0.05) is 19.0 Å². The molecular weight excluding hydrogens is 302 g/mol. The Balaban J connectivity index is 1.97. The number of nitrogens with zero attached hydrogens (tertiary/aromatic N) is 3. The van der Waals surface area contributed by atoms with Crippen LogP contribution in [-0.4, -0.2) is 47.2 Å². The number of esters is 1. The zero-order valence-corrected chi connectivity index (χ0v) is 13.2. The molecule has 8 nitrogen and oxygen atoms in total. The van der Waals surface area contributed by atoms with Crippen molar-refractivity contribution in [2.24, 2.45) is 0 Å². The van der Waals surface area contributed by atoms with Crippen LogP contribution in [0.15, 0.2) is 22.7 Å². The van der Waals surface area contributed by atoms with Crippen LogP contribution in [0, 0.1) is 10.1 Å². The van der Waals surface area contributed by atoms with Crippen molar-refractivity contribution in [3.63, 3.8) is 0 Å². The molecule has 0 saturated heterocycles. The molecule has 0 bridgehead atoms. The van der Waals surface area contributed by atoms with Crippen molar-refractivity contribution < 1.29 is 19.0 Å². The molecule has 2 rings (SSSR count). The van der Waals surface area contributed by atoms with E-state index < -0.39 is 10.9 Å². The standard InChI is InChI=1S/C15H19N3O5/c1-3-17(4-2)8-5-9-22-15(19)14-12-7-6-11(18(20)21)10-13(12)23-16-14/h6-7,10H,3-5,8-9H2,1-2H3. The van der Waals surface area contributed by atoms with Crippen LogP contribution in [0.5, 0.6) is 0 Å². The van der Waals surface area contributed by atoms with Gasteiger partial charge in [0.05, 0.1) is 23.0 Å². The number of hydrogen-bond acceptors (Lipinski definition) is 7. The number of carbonyl (C=O) groups is 1. The Morgan fingerprint density at radius 1 is 1.39 bits per heavy atom. The highest BCUT2D eigenvalue weighted by molar-refractivity contribution is 6.01. The van der Waals surface area contributed by atoms with E-state index in [0.717, 1.165) is 26.1 Å². The number of nitro groups is 1. The van der Waals surface area contributed by atoms with E-state index in [-0.39, 0.29) is 23.6 Å². The Labute approximate surface area is 133 Å². The second-order valence-electron chi connectivity index (χ2n) is 4.99. The Hall–Kier alpha value is -2.48. The lowest BCUT2D eigenvalue weighted by atomic mass is 10.2. The zero-order chi connectivity index (χ0) is 16.8. The molecule has 0 unspecified atom stereocenters. The van der Waals surface area contributed by atoms with Crippen LogP contribution >= 0.6 is 0 Å². The van der Waals surface area contributed by atoms with Gasteiger partial charge >= 0.3 is 5.97 Å². The molecule has 0 amide bonds. The summed E-state index contributed by atoms with van der Waals surface area (Å²) in [7, 11) is 0. The fourth-order valence-electron chi connectivity index (χ4n) is 2.25. The molecule has 0 spiro atoms. The minimum atomic E-state index is -0.586. The quantitative estimate of drug-likeness (QED) is 0.319. The van der Waals surface area contributed by atoms with Crippen LogP contribution in [0.25, 0.3) is 11.0 Å². The van der Waals surface area contributed by atoms with E-state index in [1.807, 2.05) is 0 Å². The first-order valence-corrected chi connectivity index (χ1v) is 7.50. The Kier molecular flexibility index (Phi) is 5.64. The molecule has 0 saturated carbocycles. The maximum atomic E-state index is 12.0. The van der Waals surface area contributed by atoms with Gasteiger partial charge in [0.25, 0.3) is 5.69 Å². The lowest BCUT2D eigenvalue weighted by molar-refractivity contribution is -0.384. The van der Waals surface area contributed by atoms with Gasteiger partial charge in [-0.25, -0.2) is 4.79 Å². The number of ether oxygens (including phenoxy) is 1. The number of hydrogen-bond donors (Lipinski definition) is 0. The highest BCUT2D eigenvalue weighted by Gasteiger charge is 2.19. The average Bonchev–Trinajstić information content (AvgIpc) is 2.98.